The van der Waals surface area contributed by atoms with Crippen molar-refractivity contribution in [1.29, 1.82) is 0 Å². The van der Waals surface area contributed by atoms with Crippen molar-refractivity contribution in [3.8, 4) is 5.75 Å². The molecule has 0 aliphatic heterocycles. The second-order valence-corrected chi connectivity index (χ2v) is 2.48. The van der Waals surface area contributed by atoms with Crippen LogP contribution in [-0.2, 0) is 4.79 Å². The fraction of sp³-hybridized carbons (Fsp3) is 0.222. The summed E-state index contributed by atoms with van der Waals surface area (Å²) in [6.45, 7) is 1.75. The Labute approximate surface area is 65.5 Å². The number of aldehydes is 1. The number of phenols is 1. The molecule has 0 saturated heterocycles. The SMILES string of the molecule is CC(C=O)c1ccccc1O. The smallest absolute Gasteiger partial charge is 0.127 e. The van der Waals surface area contributed by atoms with Gasteiger partial charge in [0.15, 0.2) is 0 Å². The maximum atomic E-state index is 10.3. The molecule has 58 valence electrons. The Morgan fingerprint density at radius 2 is 2.09 bits per heavy atom. The molecule has 0 aliphatic carbocycles. The summed E-state index contributed by atoms with van der Waals surface area (Å²) in [5.74, 6) is -0.0386. The Kier molecular flexibility index (Phi) is 2.26. The number of carbonyl (C=O) groups is 1. The molecule has 0 amide bonds. The molecule has 0 radical (unpaired) electrons. The molecular weight excluding hydrogens is 140 g/mol. The highest BCUT2D eigenvalue weighted by molar-refractivity contribution is 5.63. The first-order valence-corrected chi connectivity index (χ1v) is 3.49. The summed E-state index contributed by atoms with van der Waals surface area (Å²) in [4.78, 5) is 10.3. The summed E-state index contributed by atoms with van der Waals surface area (Å²) in [7, 11) is 0. The summed E-state index contributed by atoms with van der Waals surface area (Å²) < 4.78 is 0. The third kappa shape index (κ3) is 1.58. The van der Waals surface area contributed by atoms with E-state index in [0.717, 1.165) is 6.29 Å². The van der Waals surface area contributed by atoms with E-state index in [4.69, 9.17) is 0 Å². The van der Waals surface area contributed by atoms with E-state index in [9.17, 15) is 9.90 Å². The van der Waals surface area contributed by atoms with Gasteiger partial charge in [0.05, 0.1) is 0 Å². The highest BCUT2D eigenvalue weighted by Crippen LogP contribution is 2.22. The van der Waals surface area contributed by atoms with Crippen molar-refractivity contribution in [2.24, 2.45) is 0 Å². The quantitative estimate of drug-likeness (QED) is 0.651. The Balaban J connectivity index is 3.02. The van der Waals surface area contributed by atoms with Gasteiger partial charge >= 0.3 is 0 Å². The van der Waals surface area contributed by atoms with E-state index in [1.807, 2.05) is 0 Å². The molecule has 0 spiro atoms. The molecule has 1 aromatic rings. The molecule has 0 saturated carbocycles. The molecular formula is C9H10O2. The number of hydrogen-bond donors (Lipinski definition) is 1. The first kappa shape index (κ1) is 7.79. The Morgan fingerprint density at radius 3 is 2.64 bits per heavy atom. The van der Waals surface area contributed by atoms with Crippen LogP contribution in [0.2, 0.25) is 0 Å². The van der Waals surface area contributed by atoms with E-state index in [1.54, 1.807) is 31.2 Å². The van der Waals surface area contributed by atoms with Gasteiger partial charge in [-0.2, -0.15) is 0 Å². The van der Waals surface area contributed by atoms with Gasteiger partial charge in [0.1, 0.15) is 12.0 Å². The maximum absolute atomic E-state index is 10.3. The molecule has 11 heavy (non-hydrogen) atoms. The zero-order chi connectivity index (χ0) is 8.27. The monoisotopic (exact) mass is 150 g/mol. The van der Waals surface area contributed by atoms with Crippen molar-refractivity contribution >= 4 is 6.29 Å². The van der Waals surface area contributed by atoms with E-state index < -0.39 is 0 Å². The third-order valence-electron chi connectivity index (χ3n) is 1.63. The van der Waals surface area contributed by atoms with Crippen molar-refractivity contribution in [2.45, 2.75) is 12.8 Å². The summed E-state index contributed by atoms with van der Waals surface area (Å²) in [5.41, 5.74) is 0.683. The number of para-hydroxylation sites is 1. The third-order valence-corrected chi connectivity index (χ3v) is 1.63. The van der Waals surface area contributed by atoms with Crippen molar-refractivity contribution in [1.82, 2.24) is 0 Å². The molecule has 1 rings (SSSR count). The second-order valence-electron chi connectivity index (χ2n) is 2.48. The highest BCUT2D eigenvalue weighted by Gasteiger charge is 2.06. The van der Waals surface area contributed by atoms with Crippen LogP contribution >= 0.6 is 0 Å². The van der Waals surface area contributed by atoms with Crippen molar-refractivity contribution in [3.05, 3.63) is 29.8 Å². The van der Waals surface area contributed by atoms with E-state index in [-0.39, 0.29) is 11.7 Å². The molecule has 1 unspecified atom stereocenters. The van der Waals surface area contributed by atoms with Crippen LogP contribution in [0.4, 0.5) is 0 Å². The lowest BCUT2D eigenvalue weighted by atomic mass is 10.0. The van der Waals surface area contributed by atoms with Crippen molar-refractivity contribution in [2.75, 3.05) is 0 Å². The molecule has 2 nitrogen and oxygen atoms in total. The van der Waals surface area contributed by atoms with E-state index in [2.05, 4.69) is 0 Å². The first-order chi connectivity index (χ1) is 5.25. The van der Waals surface area contributed by atoms with Gasteiger partial charge in [-0.15, -0.1) is 0 Å². The van der Waals surface area contributed by atoms with Crippen LogP contribution in [0.1, 0.15) is 18.4 Å². The number of carbonyl (C=O) groups excluding carboxylic acids is 1. The Bertz CT molecular complexity index is 255. The minimum absolute atomic E-state index is 0.187. The van der Waals surface area contributed by atoms with Gasteiger partial charge in [-0.05, 0) is 6.07 Å². The fourth-order valence-corrected chi connectivity index (χ4v) is 0.946. The summed E-state index contributed by atoms with van der Waals surface area (Å²) in [6, 6.07) is 6.86. The molecule has 1 N–H and O–H groups in total. The summed E-state index contributed by atoms with van der Waals surface area (Å²) in [5, 5.41) is 9.25. The number of hydrogen-bond acceptors (Lipinski definition) is 2. The molecule has 0 aromatic heterocycles. The van der Waals surface area contributed by atoms with Crippen LogP contribution < -0.4 is 0 Å². The predicted molar refractivity (Wildman–Crippen MR) is 42.6 cm³/mol. The minimum atomic E-state index is -0.226. The van der Waals surface area contributed by atoms with Gasteiger partial charge in [-0.25, -0.2) is 0 Å². The molecule has 0 heterocycles. The average Bonchev–Trinajstić information content (AvgIpc) is 2.04. The largest absolute Gasteiger partial charge is 0.508 e. The van der Waals surface area contributed by atoms with E-state index in [0.29, 0.717) is 5.56 Å². The van der Waals surface area contributed by atoms with Gasteiger partial charge in [-0.3, -0.25) is 0 Å². The number of phenolic OH excluding ortho intramolecular Hbond substituents is 1. The minimum Gasteiger partial charge on any atom is -0.508 e. The molecule has 0 fully saturated rings. The standard InChI is InChI=1S/C9H10O2/c1-7(6-10)8-4-2-3-5-9(8)11/h2-7,11H,1H3. The summed E-state index contributed by atoms with van der Waals surface area (Å²) >= 11 is 0. The van der Waals surface area contributed by atoms with Crippen molar-refractivity contribution in [3.63, 3.8) is 0 Å². The second kappa shape index (κ2) is 3.19. The van der Waals surface area contributed by atoms with Crippen LogP contribution in [-0.4, -0.2) is 11.4 Å². The van der Waals surface area contributed by atoms with Crippen LogP contribution in [0.5, 0.6) is 5.75 Å². The zero-order valence-corrected chi connectivity index (χ0v) is 6.32. The van der Waals surface area contributed by atoms with Crippen LogP contribution in [0.15, 0.2) is 24.3 Å². The van der Waals surface area contributed by atoms with Crippen LogP contribution in [0.25, 0.3) is 0 Å². The van der Waals surface area contributed by atoms with Crippen LogP contribution in [0, 0.1) is 0 Å². The molecule has 0 aliphatic rings. The Hall–Kier alpha value is -1.31. The lowest BCUT2D eigenvalue weighted by Crippen LogP contribution is -1.93. The van der Waals surface area contributed by atoms with Gasteiger partial charge in [0, 0.05) is 11.5 Å². The summed E-state index contributed by atoms with van der Waals surface area (Å²) in [6.07, 6.45) is 0.815. The maximum Gasteiger partial charge on any atom is 0.127 e. The first-order valence-electron chi connectivity index (χ1n) is 3.49. The fourth-order valence-electron chi connectivity index (χ4n) is 0.946. The van der Waals surface area contributed by atoms with Crippen molar-refractivity contribution < 1.29 is 9.90 Å². The predicted octanol–water partition coefficient (Wildman–Crippen LogP) is 1.69. The van der Waals surface area contributed by atoms with Gasteiger partial charge < -0.3 is 9.90 Å². The highest BCUT2D eigenvalue weighted by atomic mass is 16.3. The molecule has 1 atom stereocenters. The molecule has 1 aromatic carbocycles. The lowest BCUT2D eigenvalue weighted by Gasteiger charge is -2.04. The zero-order valence-electron chi connectivity index (χ0n) is 6.32. The van der Waals surface area contributed by atoms with Gasteiger partial charge in [-0.1, -0.05) is 25.1 Å². The van der Waals surface area contributed by atoms with E-state index in [1.165, 1.54) is 0 Å². The van der Waals surface area contributed by atoms with Gasteiger partial charge in [0.2, 0.25) is 0 Å². The Morgan fingerprint density at radius 1 is 1.45 bits per heavy atom. The number of aromatic hydroxyl groups is 1. The molecule has 2 heteroatoms. The lowest BCUT2D eigenvalue weighted by molar-refractivity contribution is -0.108. The number of rotatable bonds is 2. The molecule has 0 bridgehead atoms. The van der Waals surface area contributed by atoms with Crippen LogP contribution in [0.3, 0.4) is 0 Å². The van der Waals surface area contributed by atoms with Gasteiger partial charge in [0.25, 0.3) is 0 Å². The number of benzene rings is 1. The van der Waals surface area contributed by atoms with E-state index >= 15 is 0 Å². The normalized spacial score (nSPS) is 12.5. The topological polar surface area (TPSA) is 37.3 Å². The average molecular weight is 150 g/mol.